The maximum Gasteiger partial charge on any atom is 0.321 e. The van der Waals surface area contributed by atoms with Gasteiger partial charge in [-0.05, 0) is 30.5 Å². The monoisotopic (exact) mass is 332 g/mol. The van der Waals surface area contributed by atoms with E-state index in [4.69, 9.17) is 4.74 Å². The van der Waals surface area contributed by atoms with Gasteiger partial charge in [0.2, 0.25) is 0 Å². The predicted octanol–water partition coefficient (Wildman–Crippen LogP) is 0.919. The van der Waals surface area contributed by atoms with Gasteiger partial charge >= 0.3 is 6.03 Å². The maximum absolute atomic E-state index is 12.1. The second-order valence-electron chi connectivity index (χ2n) is 6.11. The molecule has 0 spiro atoms. The summed E-state index contributed by atoms with van der Waals surface area (Å²) >= 11 is 0. The van der Waals surface area contributed by atoms with E-state index in [2.05, 4.69) is 16.0 Å². The van der Waals surface area contributed by atoms with Gasteiger partial charge in [-0.1, -0.05) is 12.1 Å². The Morgan fingerprint density at radius 2 is 2.12 bits per heavy atom. The van der Waals surface area contributed by atoms with Crippen LogP contribution < -0.4 is 16.0 Å². The predicted molar refractivity (Wildman–Crippen MR) is 90.7 cm³/mol. The Labute approximate surface area is 141 Å². The first kappa shape index (κ1) is 16.7. The third-order valence-corrected chi connectivity index (χ3v) is 4.26. The summed E-state index contributed by atoms with van der Waals surface area (Å²) in [5.74, 6) is -0.117. The molecule has 0 saturated carbocycles. The third-order valence-electron chi connectivity index (χ3n) is 4.26. The van der Waals surface area contributed by atoms with E-state index in [-0.39, 0.29) is 11.9 Å². The first-order valence-electron chi connectivity index (χ1n) is 8.47. The molecule has 2 heterocycles. The number of carbonyl (C=O) groups is 2. The zero-order chi connectivity index (χ0) is 16.8. The summed E-state index contributed by atoms with van der Waals surface area (Å²) < 4.78 is 5.42. The number of nitrogens with one attached hydrogen (secondary N) is 3. The number of amides is 3. The first-order chi connectivity index (χ1) is 11.7. The van der Waals surface area contributed by atoms with Crippen LogP contribution in [0.5, 0.6) is 0 Å². The van der Waals surface area contributed by atoms with Crippen LogP contribution in [0.25, 0.3) is 0 Å². The number of likely N-dealkylation sites (tertiary alicyclic amines) is 1. The van der Waals surface area contributed by atoms with Crippen LogP contribution in [0.3, 0.4) is 0 Å². The van der Waals surface area contributed by atoms with Gasteiger partial charge in [0.1, 0.15) is 6.10 Å². The Balaban J connectivity index is 1.51. The molecule has 24 heavy (non-hydrogen) atoms. The van der Waals surface area contributed by atoms with E-state index in [9.17, 15) is 9.59 Å². The second-order valence-corrected chi connectivity index (χ2v) is 6.11. The number of anilines is 1. The molecule has 7 heteroatoms. The van der Waals surface area contributed by atoms with Crippen LogP contribution in [0.15, 0.2) is 24.3 Å². The topological polar surface area (TPSA) is 82.7 Å². The number of benzene rings is 1. The zero-order valence-electron chi connectivity index (χ0n) is 13.7. The van der Waals surface area contributed by atoms with Crippen molar-refractivity contribution in [2.75, 3.05) is 38.1 Å². The largest absolute Gasteiger partial charge is 0.366 e. The lowest BCUT2D eigenvalue weighted by Gasteiger charge is -2.22. The average molecular weight is 332 g/mol. The van der Waals surface area contributed by atoms with Crippen LogP contribution in [0.1, 0.15) is 18.4 Å². The van der Waals surface area contributed by atoms with E-state index >= 15 is 0 Å². The minimum atomic E-state index is -0.434. The standard InChI is InChI=1S/C17H24N4O3/c22-16(15-12-18-6-9-24-15)19-11-13-4-3-5-14(10-13)20-17(23)21-7-1-2-8-21/h3-5,10,15,18H,1-2,6-9,11-12H2,(H,19,22)(H,20,23). The number of morpholine rings is 1. The normalized spacial score (nSPS) is 20.7. The van der Waals surface area contributed by atoms with Crippen molar-refractivity contribution in [3.05, 3.63) is 29.8 Å². The number of nitrogens with zero attached hydrogens (tertiary/aromatic N) is 1. The number of hydrogen-bond donors (Lipinski definition) is 3. The average Bonchev–Trinajstić information content (AvgIpc) is 3.15. The minimum Gasteiger partial charge on any atom is -0.366 e. The molecule has 0 aliphatic carbocycles. The molecule has 3 N–H and O–H groups in total. The molecule has 0 radical (unpaired) electrons. The van der Waals surface area contributed by atoms with Crippen molar-refractivity contribution >= 4 is 17.6 Å². The summed E-state index contributed by atoms with van der Waals surface area (Å²) in [7, 11) is 0. The lowest BCUT2D eigenvalue weighted by Crippen LogP contribution is -2.47. The molecule has 2 fully saturated rings. The van der Waals surface area contributed by atoms with Crippen molar-refractivity contribution in [3.63, 3.8) is 0 Å². The molecule has 3 amide bonds. The van der Waals surface area contributed by atoms with E-state index in [0.29, 0.717) is 19.7 Å². The van der Waals surface area contributed by atoms with Gasteiger partial charge < -0.3 is 25.6 Å². The molecule has 130 valence electrons. The SMILES string of the molecule is O=C(NCc1cccc(NC(=O)N2CCCC2)c1)C1CNCCO1. The van der Waals surface area contributed by atoms with Crippen molar-refractivity contribution in [3.8, 4) is 0 Å². The van der Waals surface area contributed by atoms with Crippen molar-refractivity contribution in [1.82, 2.24) is 15.5 Å². The number of carbonyl (C=O) groups excluding carboxylic acids is 2. The summed E-state index contributed by atoms with van der Waals surface area (Å²) in [6.07, 6.45) is 1.70. The molecule has 1 aromatic carbocycles. The molecule has 2 aliphatic rings. The Bertz CT molecular complexity index is 581. The molecule has 1 atom stereocenters. The molecule has 2 aliphatic heterocycles. The Morgan fingerprint density at radius 3 is 2.88 bits per heavy atom. The van der Waals surface area contributed by atoms with Gasteiger partial charge in [0.15, 0.2) is 0 Å². The van der Waals surface area contributed by atoms with E-state index in [1.165, 1.54) is 0 Å². The highest BCUT2D eigenvalue weighted by Crippen LogP contribution is 2.14. The third kappa shape index (κ3) is 4.46. The van der Waals surface area contributed by atoms with E-state index in [1.807, 2.05) is 29.2 Å². The van der Waals surface area contributed by atoms with E-state index in [1.54, 1.807) is 0 Å². The zero-order valence-corrected chi connectivity index (χ0v) is 13.7. The molecule has 3 rings (SSSR count). The van der Waals surface area contributed by atoms with E-state index in [0.717, 1.165) is 43.7 Å². The van der Waals surface area contributed by atoms with Crippen LogP contribution in [-0.2, 0) is 16.1 Å². The number of rotatable bonds is 4. The van der Waals surface area contributed by atoms with Crippen LogP contribution >= 0.6 is 0 Å². The van der Waals surface area contributed by atoms with Crippen LogP contribution in [0, 0.1) is 0 Å². The van der Waals surface area contributed by atoms with Gasteiger partial charge in [-0.25, -0.2) is 4.79 Å². The molecule has 7 nitrogen and oxygen atoms in total. The minimum absolute atomic E-state index is 0.0598. The Kier molecular flexibility index (Phi) is 5.66. The summed E-state index contributed by atoms with van der Waals surface area (Å²) in [6, 6.07) is 7.48. The maximum atomic E-state index is 12.1. The lowest BCUT2D eigenvalue weighted by molar-refractivity contribution is -0.134. The fourth-order valence-electron chi connectivity index (χ4n) is 2.92. The number of ether oxygens (including phenoxy) is 1. The quantitative estimate of drug-likeness (QED) is 0.766. The smallest absolute Gasteiger partial charge is 0.321 e. The van der Waals surface area contributed by atoms with Crippen molar-refractivity contribution in [1.29, 1.82) is 0 Å². The Morgan fingerprint density at radius 1 is 1.29 bits per heavy atom. The fraction of sp³-hybridized carbons (Fsp3) is 0.529. The van der Waals surface area contributed by atoms with Gasteiger partial charge in [-0.15, -0.1) is 0 Å². The van der Waals surface area contributed by atoms with Gasteiger partial charge in [0.05, 0.1) is 6.61 Å². The molecular formula is C17H24N4O3. The fourth-order valence-corrected chi connectivity index (χ4v) is 2.92. The highest BCUT2D eigenvalue weighted by Gasteiger charge is 2.21. The molecule has 0 aromatic heterocycles. The van der Waals surface area contributed by atoms with Gasteiger partial charge in [0, 0.05) is 38.4 Å². The van der Waals surface area contributed by atoms with Crippen LogP contribution in [-0.4, -0.2) is 55.7 Å². The first-order valence-corrected chi connectivity index (χ1v) is 8.47. The molecule has 1 aromatic rings. The highest BCUT2D eigenvalue weighted by molar-refractivity contribution is 5.89. The summed E-state index contributed by atoms with van der Waals surface area (Å²) in [5.41, 5.74) is 1.68. The summed E-state index contributed by atoms with van der Waals surface area (Å²) in [6.45, 7) is 3.91. The van der Waals surface area contributed by atoms with Gasteiger partial charge in [-0.2, -0.15) is 0 Å². The summed E-state index contributed by atoms with van der Waals surface area (Å²) in [4.78, 5) is 26.0. The van der Waals surface area contributed by atoms with Gasteiger partial charge in [0.25, 0.3) is 5.91 Å². The molecule has 2 saturated heterocycles. The summed E-state index contributed by atoms with van der Waals surface area (Å²) in [5, 5.41) is 8.93. The van der Waals surface area contributed by atoms with Crippen LogP contribution in [0.4, 0.5) is 10.5 Å². The number of hydrogen-bond acceptors (Lipinski definition) is 4. The number of urea groups is 1. The van der Waals surface area contributed by atoms with Gasteiger partial charge in [-0.3, -0.25) is 4.79 Å². The van der Waals surface area contributed by atoms with E-state index < -0.39 is 6.10 Å². The molecule has 1 unspecified atom stereocenters. The molecule has 0 bridgehead atoms. The van der Waals surface area contributed by atoms with Crippen LogP contribution in [0.2, 0.25) is 0 Å². The lowest BCUT2D eigenvalue weighted by atomic mass is 10.2. The van der Waals surface area contributed by atoms with Crippen molar-refractivity contribution < 1.29 is 14.3 Å². The second kappa shape index (κ2) is 8.12. The highest BCUT2D eigenvalue weighted by atomic mass is 16.5. The molecular weight excluding hydrogens is 308 g/mol. The Hall–Kier alpha value is -2.12. The van der Waals surface area contributed by atoms with Crippen molar-refractivity contribution in [2.24, 2.45) is 0 Å². The van der Waals surface area contributed by atoms with Crippen molar-refractivity contribution in [2.45, 2.75) is 25.5 Å².